The van der Waals surface area contributed by atoms with E-state index in [2.05, 4.69) is 0 Å². The first kappa shape index (κ1) is 58.4. The number of carbonyl (C=O) groups excluding carboxylic acids is 5. The van der Waals surface area contributed by atoms with Crippen molar-refractivity contribution in [1.29, 1.82) is 0 Å². The number of ketones is 3. The second kappa shape index (κ2) is 26.5. The van der Waals surface area contributed by atoms with Crippen LogP contribution in [-0.4, -0.2) is 127 Å². The highest BCUT2D eigenvalue weighted by Gasteiger charge is 2.53. The Morgan fingerprint density at radius 2 is 1.58 bits per heavy atom. The summed E-state index contributed by atoms with van der Waals surface area (Å²) >= 11 is 0. The molecular weight excluding hydrogens is 910 g/mol. The highest BCUT2D eigenvalue weighted by atomic mass is 31.2. The number of esters is 1. The highest BCUT2D eigenvalue weighted by molar-refractivity contribution is 7.53. The summed E-state index contributed by atoms with van der Waals surface area (Å²) < 4.78 is 47.1. The van der Waals surface area contributed by atoms with Gasteiger partial charge in [0.15, 0.2) is 5.78 Å². The van der Waals surface area contributed by atoms with E-state index in [1.54, 1.807) is 40.9 Å². The number of nitrogens with zero attached hydrogens (tertiary/aromatic N) is 1. The minimum absolute atomic E-state index is 0.00261. The summed E-state index contributed by atoms with van der Waals surface area (Å²) in [5.41, 5.74) is 12.3. The molecule has 4 rings (SSSR count). The van der Waals surface area contributed by atoms with Gasteiger partial charge in [0, 0.05) is 58.5 Å². The molecule has 1 amide bonds. The van der Waals surface area contributed by atoms with Crippen LogP contribution in [0.4, 0.5) is 0 Å². The topological polar surface area (TPSA) is 254 Å². The van der Waals surface area contributed by atoms with Gasteiger partial charge in [0.1, 0.15) is 30.1 Å². The molecule has 3 heterocycles. The monoisotopic (exact) mass is 992 g/mol. The summed E-state index contributed by atoms with van der Waals surface area (Å²) in [7, 11) is 0.659. The van der Waals surface area contributed by atoms with Crippen molar-refractivity contribution in [1.82, 2.24) is 4.90 Å². The SMILES string of the molecule is CO[C@H]1C[C@@H]2CCC(C)C(O)(O2)C(=O)C(=O)N2CCCCC2C(=O)O[C@H]([C@H](C)C[C@@H]2CC[C@@H](OP(N)(N)=O)[C@H](OC)C2)CC(=O)[C@H](C)/C=C(\C)[C@@H](O)[C@@H](OC)C(=O)[C@H](C)C[C@H](C)/C=C/C=CC=C1C. The third-order valence-electron chi connectivity index (χ3n) is 14.8. The Labute approximate surface area is 409 Å². The van der Waals surface area contributed by atoms with Crippen LogP contribution in [0.15, 0.2) is 47.6 Å². The fourth-order valence-electron chi connectivity index (χ4n) is 10.4. The molecule has 6 N–H and O–H groups in total. The number of rotatable bonds is 8. The number of aliphatic hydroxyl groups excluding tert-OH is 1. The molecule has 2 saturated heterocycles. The molecule has 0 aromatic heterocycles. The van der Waals surface area contributed by atoms with Crippen LogP contribution in [0.5, 0.6) is 0 Å². The Morgan fingerprint density at radius 3 is 2.23 bits per heavy atom. The number of aliphatic hydroxyl groups is 2. The Kier molecular flexibility index (Phi) is 22.4. The molecule has 1 aliphatic carbocycles. The van der Waals surface area contributed by atoms with Gasteiger partial charge in [0.05, 0.1) is 24.4 Å². The van der Waals surface area contributed by atoms with E-state index in [1.807, 2.05) is 51.2 Å². The van der Waals surface area contributed by atoms with Crippen molar-refractivity contribution in [2.24, 2.45) is 46.5 Å². The van der Waals surface area contributed by atoms with Crippen LogP contribution < -0.4 is 11.0 Å². The average molecular weight is 992 g/mol. The largest absolute Gasteiger partial charge is 0.460 e. The number of carbonyl (C=O) groups is 5. The molecule has 15 atom stereocenters. The van der Waals surface area contributed by atoms with Crippen molar-refractivity contribution >= 4 is 36.9 Å². The first-order valence-electron chi connectivity index (χ1n) is 24.8. The lowest BCUT2D eigenvalue weighted by Gasteiger charge is -2.42. The van der Waals surface area contributed by atoms with Crippen molar-refractivity contribution in [3.8, 4) is 0 Å². The molecule has 0 spiro atoms. The molecule has 2 bridgehead atoms. The van der Waals surface area contributed by atoms with Crippen molar-refractivity contribution in [2.75, 3.05) is 27.9 Å². The number of methoxy groups -OCH3 is 3. The fourth-order valence-corrected chi connectivity index (χ4v) is 11.1. The smallest absolute Gasteiger partial charge is 0.335 e. The fraction of sp³-hybridized carbons (Fsp3) is 0.745. The van der Waals surface area contributed by atoms with E-state index in [4.69, 9.17) is 39.2 Å². The molecule has 17 nitrogen and oxygen atoms in total. The number of piperidine rings is 1. The zero-order valence-electron chi connectivity index (χ0n) is 42.6. The van der Waals surface area contributed by atoms with Gasteiger partial charge in [0.2, 0.25) is 5.79 Å². The van der Waals surface area contributed by atoms with Gasteiger partial charge in [0.25, 0.3) is 11.7 Å². The van der Waals surface area contributed by atoms with Crippen LogP contribution >= 0.6 is 7.67 Å². The van der Waals surface area contributed by atoms with Crippen LogP contribution in [0, 0.1) is 35.5 Å². The number of fused-ring (bicyclic) bond motifs is 3. The first-order valence-corrected chi connectivity index (χ1v) is 26.5. The zero-order valence-corrected chi connectivity index (χ0v) is 43.5. The van der Waals surface area contributed by atoms with Gasteiger partial charge in [-0.2, -0.15) is 0 Å². The second-order valence-electron chi connectivity index (χ2n) is 20.3. The molecule has 4 aliphatic rings. The van der Waals surface area contributed by atoms with E-state index in [0.29, 0.717) is 69.8 Å². The summed E-state index contributed by atoms with van der Waals surface area (Å²) in [6, 6.07) is -1.18. The number of nitrogens with two attached hydrogens (primary N) is 2. The molecule has 18 heteroatoms. The molecule has 3 fully saturated rings. The maximum atomic E-state index is 14.5. The van der Waals surface area contributed by atoms with Gasteiger partial charge in [-0.1, -0.05) is 71.1 Å². The van der Waals surface area contributed by atoms with E-state index >= 15 is 0 Å². The molecule has 3 aliphatic heterocycles. The molecule has 3 unspecified atom stereocenters. The van der Waals surface area contributed by atoms with Crippen LogP contribution in [0.1, 0.15) is 126 Å². The van der Waals surface area contributed by atoms with Gasteiger partial charge < -0.3 is 43.3 Å². The molecule has 0 radical (unpaired) electrons. The molecule has 0 aromatic rings. The normalized spacial score (nSPS) is 37.8. The minimum atomic E-state index is -3.79. The lowest BCUT2D eigenvalue weighted by atomic mass is 9.78. The molecule has 69 heavy (non-hydrogen) atoms. The second-order valence-corrected chi connectivity index (χ2v) is 21.8. The van der Waals surface area contributed by atoms with Crippen molar-refractivity contribution in [3.63, 3.8) is 0 Å². The molecule has 0 aromatic carbocycles. The molecule has 1 saturated carbocycles. The van der Waals surface area contributed by atoms with Crippen molar-refractivity contribution in [3.05, 3.63) is 47.6 Å². The van der Waals surface area contributed by atoms with Crippen molar-refractivity contribution in [2.45, 2.75) is 180 Å². The summed E-state index contributed by atoms with van der Waals surface area (Å²) in [6.07, 6.45) is 10.2. The van der Waals surface area contributed by atoms with E-state index in [1.165, 1.54) is 19.1 Å². The van der Waals surface area contributed by atoms with Gasteiger partial charge in [-0.05, 0) is 107 Å². The number of allylic oxidation sites excluding steroid dienone is 6. The summed E-state index contributed by atoms with van der Waals surface area (Å²) in [6.45, 7) is 12.6. The number of Topliss-reactive ketones (excluding diaryl/α,β-unsaturated/α-hetero) is 3. The summed E-state index contributed by atoms with van der Waals surface area (Å²) in [5, 5.41) is 23.4. The third-order valence-corrected chi connectivity index (χ3v) is 15.4. The van der Waals surface area contributed by atoms with Gasteiger partial charge >= 0.3 is 13.6 Å². The Bertz CT molecular complexity index is 1950. The number of ether oxygens (including phenoxy) is 5. The predicted octanol–water partition coefficient (Wildman–Crippen LogP) is 6.23. The lowest BCUT2D eigenvalue weighted by Crippen LogP contribution is -2.61. The van der Waals surface area contributed by atoms with Crippen molar-refractivity contribution < 1.29 is 67.0 Å². The van der Waals surface area contributed by atoms with Gasteiger partial charge in [-0.3, -0.25) is 23.7 Å². The standard InChI is InChI=1S/C51H82N3O14P/c1-30-16-12-11-13-17-31(2)42(63-8)28-38-21-19-36(7)51(61,67-38)48(58)49(59)54-23-15-14-18-39(54)50(60)66-43(33(4)26-37-20-22-41(44(27-37)64-9)68-69(52,53)62)29-40(55)32(3)25-35(6)46(57)47(65-10)45(56)34(5)24-30/h11-13,16-17,25,30,32-34,36-39,41-44,46-47,57,61H,14-15,18-24,26-29H2,1-10H3,(H4,52,53,62)/b13-11?,16-12+,31-17?,35-25+/t30-,32-,33-,34-,36?,37+,38+,39?,41-,42+,43+,44-,46-,47+,51?/m1/s1. The number of amides is 1. The van der Waals surface area contributed by atoms with E-state index in [0.717, 1.165) is 5.57 Å². The Balaban J connectivity index is 1.70. The van der Waals surface area contributed by atoms with Crippen LogP contribution in [-0.2, 0) is 56.7 Å². The number of hydrogen-bond donors (Lipinski definition) is 4. The predicted molar refractivity (Wildman–Crippen MR) is 260 cm³/mol. The Morgan fingerprint density at radius 1 is 0.870 bits per heavy atom. The lowest BCUT2D eigenvalue weighted by molar-refractivity contribution is -0.265. The Hall–Kier alpha value is -3.22. The average Bonchev–Trinajstić information content (AvgIpc) is 3.30. The minimum Gasteiger partial charge on any atom is -0.460 e. The summed E-state index contributed by atoms with van der Waals surface area (Å²) in [4.78, 5) is 72.1. The van der Waals surface area contributed by atoms with E-state index < -0.39 is 104 Å². The number of cyclic esters (lactones) is 1. The number of hydrogen-bond acceptors (Lipinski definition) is 14. The maximum absolute atomic E-state index is 14.5. The van der Waals surface area contributed by atoms with E-state index in [-0.39, 0.29) is 42.8 Å². The van der Waals surface area contributed by atoms with E-state index in [9.17, 15) is 38.8 Å². The maximum Gasteiger partial charge on any atom is 0.335 e. The third kappa shape index (κ3) is 16.1. The molecular formula is C51H82N3O14P. The van der Waals surface area contributed by atoms with Crippen LogP contribution in [0.25, 0.3) is 0 Å². The van der Waals surface area contributed by atoms with Gasteiger partial charge in [-0.25, -0.2) is 15.8 Å². The highest BCUT2D eigenvalue weighted by Crippen LogP contribution is 2.41. The summed E-state index contributed by atoms with van der Waals surface area (Å²) in [5.74, 6) is -8.41. The molecule has 390 valence electrons. The first-order chi connectivity index (χ1) is 32.4. The van der Waals surface area contributed by atoms with Crippen LogP contribution in [0.3, 0.4) is 0 Å². The zero-order chi connectivity index (χ0) is 51.4. The van der Waals surface area contributed by atoms with Gasteiger partial charge in [-0.15, -0.1) is 0 Å². The quantitative estimate of drug-likeness (QED) is 0.0910. The van der Waals surface area contributed by atoms with Crippen LogP contribution in [0.2, 0.25) is 0 Å².